The van der Waals surface area contributed by atoms with Gasteiger partial charge in [0.1, 0.15) is 19.3 Å². The van der Waals surface area contributed by atoms with Crippen LogP contribution in [-0.2, 0) is 27.9 Å². The van der Waals surface area contributed by atoms with Gasteiger partial charge in [0, 0.05) is 12.8 Å². The fourth-order valence-corrected chi connectivity index (χ4v) is 11.8. The van der Waals surface area contributed by atoms with Crippen LogP contribution in [0.5, 0.6) is 0 Å². The van der Waals surface area contributed by atoms with E-state index in [2.05, 4.69) is 86.8 Å². The summed E-state index contributed by atoms with van der Waals surface area (Å²) in [5.41, 5.74) is 0. The number of esters is 1. The van der Waals surface area contributed by atoms with Crippen molar-refractivity contribution in [1.82, 2.24) is 5.32 Å². The second-order valence-corrected chi connectivity index (χ2v) is 28.3. The largest absolute Gasteiger partial charge is 0.472 e. The molecule has 0 bridgehead atoms. The zero-order chi connectivity index (χ0) is 64.2. The summed E-state index contributed by atoms with van der Waals surface area (Å²) in [4.78, 5) is 38.0. The molecule has 88 heavy (non-hydrogen) atoms. The van der Waals surface area contributed by atoms with E-state index in [1.807, 2.05) is 33.3 Å². The van der Waals surface area contributed by atoms with Gasteiger partial charge in [0.25, 0.3) is 0 Å². The third-order valence-electron chi connectivity index (χ3n) is 16.9. The Morgan fingerprint density at radius 3 is 1.06 bits per heavy atom. The number of allylic oxidation sites excluding steroid dienone is 11. The number of quaternary nitrogens is 1. The molecule has 0 heterocycles. The van der Waals surface area contributed by atoms with Crippen molar-refractivity contribution >= 4 is 19.7 Å². The third kappa shape index (κ3) is 67.8. The van der Waals surface area contributed by atoms with Crippen LogP contribution < -0.4 is 5.32 Å². The molecule has 0 aliphatic heterocycles. The van der Waals surface area contributed by atoms with E-state index in [1.54, 1.807) is 0 Å². The number of carbonyl (C=O) groups excluding carboxylic acids is 2. The van der Waals surface area contributed by atoms with Gasteiger partial charge in [0.05, 0.1) is 33.8 Å². The SMILES string of the molecule is CCCCC/C=C\C/C=C\C/C=C\CCCCCCCCCCCCC(=O)NC(COP(=O)(O)OCC[N+](C)(C)C)C(/C=C/CCCCCCCCCCCC)OC(=O)CCCCCCCCCCCCCCCCCCC/C=C\C/C=C\CCCCC. The summed E-state index contributed by atoms with van der Waals surface area (Å²) >= 11 is 0. The summed E-state index contributed by atoms with van der Waals surface area (Å²) in [7, 11) is 1.50. The van der Waals surface area contributed by atoms with Gasteiger partial charge in [-0.15, -0.1) is 0 Å². The van der Waals surface area contributed by atoms with Gasteiger partial charge in [0.2, 0.25) is 5.91 Å². The number of likely N-dealkylation sites (N-methyl/N-ethyl adjacent to an activating group) is 1. The van der Waals surface area contributed by atoms with Gasteiger partial charge < -0.3 is 19.4 Å². The molecular formula is C78H146N2O7P+. The van der Waals surface area contributed by atoms with Crippen LogP contribution in [0.1, 0.15) is 361 Å². The highest BCUT2D eigenvalue weighted by atomic mass is 31.2. The van der Waals surface area contributed by atoms with Crippen LogP contribution in [0.15, 0.2) is 72.9 Å². The zero-order valence-electron chi connectivity index (χ0n) is 59.0. The number of hydrogen-bond donors (Lipinski definition) is 2. The van der Waals surface area contributed by atoms with Crippen molar-refractivity contribution in [3.63, 3.8) is 0 Å². The lowest BCUT2D eigenvalue weighted by Gasteiger charge is -2.27. The molecule has 514 valence electrons. The van der Waals surface area contributed by atoms with Gasteiger partial charge >= 0.3 is 13.8 Å². The van der Waals surface area contributed by atoms with E-state index in [1.165, 1.54) is 250 Å². The Morgan fingerprint density at radius 1 is 0.398 bits per heavy atom. The summed E-state index contributed by atoms with van der Waals surface area (Å²) in [6, 6.07) is -0.853. The molecule has 10 heteroatoms. The number of ether oxygens (including phenoxy) is 1. The van der Waals surface area contributed by atoms with Crippen LogP contribution in [-0.4, -0.2) is 74.3 Å². The van der Waals surface area contributed by atoms with Crippen molar-refractivity contribution in [2.45, 2.75) is 373 Å². The molecule has 0 aromatic rings. The second-order valence-electron chi connectivity index (χ2n) is 26.8. The van der Waals surface area contributed by atoms with Gasteiger partial charge in [-0.05, 0) is 102 Å². The lowest BCUT2D eigenvalue weighted by Crippen LogP contribution is -2.47. The highest BCUT2D eigenvalue weighted by Gasteiger charge is 2.30. The Balaban J connectivity index is 4.97. The Morgan fingerprint density at radius 2 is 0.693 bits per heavy atom. The van der Waals surface area contributed by atoms with Gasteiger partial charge in [-0.3, -0.25) is 18.6 Å². The standard InChI is InChI=1S/C78H145N2O7P/c1-7-10-13-16-19-22-25-28-30-32-34-36-38-39-40-41-43-45-47-49-51-53-56-59-62-65-68-71-78(82)87-76(69-66-63-60-57-54-27-24-21-18-15-12-9-3)75(74-86-88(83,84)85-73-72-80(4,5)6)79-77(81)70-67-64-61-58-55-52-50-48-46-44-42-37-35-33-31-29-26-23-20-17-14-11-8-2/h19-20,22-23,28-31,35,37,66,69,75-76H,7-18,21,24-27,32-34,36,38-65,67-68,70-74H2,1-6H3,(H-,79,81,83,84)/p+1/b22-19-,23-20-,30-28-,31-29-,37-35-,69-66+. The molecule has 9 nitrogen and oxygen atoms in total. The smallest absolute Gasteiger partial charge is 0.456 e. The first kappa shape index (κ1) is 85.5. The monoisotopic (exact) mass is 1250 g/mol. The predicted octanol–water partition coefficient (Wildman–Crippen LogP) is 24.3. The van der Waals surface area contributed by atoms with Crippen molar-refractivity contribution in [3.8, 4) is 0 Å². The molecule has 3 unspecified atom stereocenters. The maximum atomic E-state index is 13.6. The van der Waals surface area contributed by atoms with E-state index in [-0.39, 0.29) is 25.1 Å². The van der Waals surface area contributed by atoms with E-state index < -0.39 is 20.0 Å². The van der Waals surface area contributed by atoms with Crippen LogP contribution in [0.2, 0.25) is 0 Å². The molecule has 0 saturated carbocycles. The van der Waals surface area contributed by atoms with E-state index in [4.69, 9.17) is 13.8 Å². The number of amides is 1. The fourth-order valence-electron chi connectivity index (χ4n) is 11.0. The van der Waals surface area contributed by atoms with Gasteiger partial charge in [-0.1, -0.05) is 319 Å². The lowest BCUT2D eigenvalue weighted by atomic mass is 10.0. The lowest BCUT2D eigenvalue weighted by molar-refractivity contribution is -0.870. The molecule has 0 saturated heterocycles. The molecule has 3 atom stereocenters. The quantitative estimate of drug-likeness (QED) is 0.0205. The van der Waals surface area contributed by atoms with Crippen LogP contribution in [0.25, 0.3) is 0 Å². The van der Waals surface area contributed by atoms with Crippen molar-refractivity contribution in [3.05, 3.63) is 72.9 Å². The van der Waals surface area contributed by atoms with Gasteiger partial charge in [-0.2, -0.15) is 0 Å². The topological polar surface area (TPSA) is 111 Å². The minimum Gasteiger partial charge on any atom is -0.456 e. The van der Waals surface area contributed by atoms with E-state index in [0.717, 1.165) is 77.0 Å². The Hall–Kier alpha value is -2.55. The van der Waals surface area contributed by atoms with E-state index in [9.17, 15) is 19.0 Å². The van der Waals surface area contributed by atoms with E-state index >= 15 is 0 Å². The van der Waals surface area contributed by atoms with Crippen LogP contribution in [0.3, 0.4) is 0 Å². The summed E-state index contributed by atoms with van der Waals surface area (Å²) in [6.07, 6.45) is 89.2. The predicted molar refractivity (Wildman–Crippen MR) is 383 cm³/mol. The maximum Gasteiger partial charge on any atom is 0.472 e. The van der Waals surface area contributed by atoms with Crippen molar-refractivity contribution in [2.75, 3.05) is 40.9 Å². The number of phosphoric acid groups is 1. The second kappa shape index (κ2) is 67.3. The maximum absolute atomic E-state index is 13.6. The molecule has 0 spiro atoms. The van der Waals surface area contributed by atoms with Crippen LogP contribution >= 0.6 is 7.82 Å². The minimum absolute atomic E-state index is 0.0390. The van der Waals surface area contributed by atoms with Gasteiger partial charge in [-0.25, -0.2) is 4.57 Å². The molecule has 0 aromatic heterocycles. The first-order chi connectivity index (χ1) is 42.9. The summed E-state index contributed by atoms with van der Waals surface area (Å²) in [6.45, 7) is 7.00. The van der Waals surface area contributed by atoms with Crippen molar-refractivity contribution in [2.24, 2.45) is 0 Å². The minimum atomic E-state index is -4.46. The number of unbranched alkanes of at least 4 members (excludes halogenated alkanes) is 43. The number of rotatable bonds is 69. The third-order valence-corrected chi connectivity index (χ3v) is 17.9. The molecule has 0 aromatic carbocycles. The first-order valence-electron chi connectivity index (χ1n) is 37.8. The van der Waals surface area contributed by atoms with Crippen LogP contribution in [0, 0.1) is 0 Å². The first-order valence-corrected chi connectivity index (χ1v) is 39.3. The fraction of sp³-hybridized carbons (Fsp3) is 0.821. The molecular weight excluding hydrogens is 1110 g/mol. The number of nitrogens with one attached hydrogen (secondary N) is 1. The molecule has 0 aliphatic carbocycles. The molecule has 2 N–H and O–H groups in total. The average Bonchev–Trinajstić information content (AvgIpc) is 3.53. The normalized spacial score (nSPS) is 13.9. The van der Waals surface area contributed by atoms with Crippen molar-refractivity contribution in [1.29, 1.82) is 0 Å². The van der Waals surface area contributed by atoms with Crippen LogP contribution in [0.4, 0.5) is 0 Å². The molecule has 0 aliphatic rings. The number of carbonyl (C=O) groups is 2. The summed E-state index contributed by atoms with van der Waals surface area (Å²) in [5, 5.41) is 3.08. The molecule has 1 amide bonds. The molecule has 0 radical (unpaired) electrons. The summed E-state index contributed by atoms with van der Waals surface area (Å²) < 4.78 is 30.9. The van der Waals surface area contributed by atoms with Gasteiger partial charge in [0.15, 0.2) is 0 Å². The Kier molecular flexibility index (Phi) is 65.4. The average molecular weight is 1260 g/mol. The molecule has 0 rings (SSSR count). The Labute approximate surface area is 546 Å². The highest BCUT2D eigenvalue weighted by molar-refractivity contribution is 7.47. The zero-order valence-corrected chi connectivity index (χ0v) is 59.9. The number of hydrogen-bond acceptors (Lipinski definition) is 6. The van der Waals surface area contributed by atoms with E-state index in [0.29, 0.717) is 23.9 Å². The highest BCUT2D eigenvalue weighted by Crippen LogP contribution is 2.43. The number of nitrogens with zero attached hydrogens (tertiary/aromatic N) is 1. The Bertz CT molecular complexity index is 1730. The number of phosphoric ester groups is 1. The molecule has 0 fully saturated rings. The summed E-state index contributed by atoms with van der Waals surface area (Å²) in [5.74, 6) is -0.496. The van der Waals surface area contributed by atoms with Crippen molar-refractivity contribution < 1.29 is 37.3 Å².